The molecule has 3 unspecified atom stereocenters. The number of fused-ring (bicyclic) bond motifs is 5. The van der Waals surface area contributed by atoms with Crippen LogP contribution in [0.1, 0.15) is 41.0 Å². The normalized spacial score (nSPS) is 41.6. The number of hydrogen-bond acceptors (Lipinski definition) is 3. The molecule has 92 valence electrons. The first kappa shape index (κ1) is 12.4. The molecule has 0 aromatic carbocycles. The van der Waals surface area contributed by atoms with E-state index in [1.165, 1.54) is 0 Å². The fourth-order valence-corrected chi connectivity index (χ4v) is 3.44. The lowest BCUT2D eigenvalue weighted by Gasteiger charge is -2.59. The Labute approximate surface area is 99.4 Å². The van der Waals surface area contributed by atoms with Crippen LogP contribution in [0.3, 0.4) is 0 Å². The summed E-state index contributed by atoms with van der Waals surface area (Å²) in [6.07, 6.45) is 1.31. The third-order valence-electron chi connectivity index (χ3n) is 4.17. The molecule has 3 aliphatic rings. The highest BCUT2D eigenvalue weighted by Crippen LogP contribution is 2.44. The maximum atomic E-state index is 6.03. The molecule has 3 fully saturated rings. The van der Waals surface area contributed by atoms with E-state index in [4.69, 9.17) is 9.31 Å². The second kappa shape index (κ2) is 3.72. The number of rotatable bonds is 0. The first-order valence-corrected chi connectivity index (χ1v) is 6.33. The maximum absolute atomic E-state index is 6.03. The Morgan fingerprint density at radius 3 is 2.44 bits per heavy atom. The summed E-state index contributed by atoms with van der Waals surface area (Å²) in [5.41, 5.74) is 0.106. The Hall–Kier alpha value is -0.0551. The fourth-order valence-electron chi connectivity index (χ4n) is 3.44. The first-order chi connectivity index (χ1) is 7.23. The van der Waals surface area contributed by atoms with E-state index in [0.29, 0.717) is 12.1 Å². The summed E-state index contributed by atoms with van der Waals surface area (Å²) in [7, 11) is -0.123. The van der Waals surface area contributed by atoms with Crippen molar-refractivity contribution in [2.45, 2.75) is 71.7 Å². The van der Waals surface area contributed by atoms with Gasteiger partial charge in [0.05, 0.1) is 5.60 Å². The van der Waals surface area contributed by atoms with Crippen molar-refractivity contribution < 1.29 is 9.31 Å². The molecule has 2 bridgehead atoms. The van der Waals surface area contributed by atoms with Gasteiger partial charge in [0.25, 0.3) is 0 Å². The summed E-state index contributed by atoms with van der Waals surface area (Å²) in [6.45, 7) is 13.1. The summed E-state index contributed by atoms with van der Waals surface area (Å²) < 4.78 is 11.9. The number of nitrogens with one attached hydrogen (secondary N) is 1. The van der Waals surface area contributed by atoms with Crippen molar-refractivity contribution in [1.82, 2.24) is 5.32 Å². The lowest BCUT2D eigenvalue weighted by Crippen LogP contribution is -2.74. The Morgan fingerprint density at radius 1 is 1.25 bits per heavy atom. The van der Waals surface area contributed by atoms with Crippen LogP contribution >= 0.6 is 0 Å². The molecule has 3 rings (SSSR count). The smallest absolute Gasteiger partial charge is 0.409 e. The van der Waals surface area contributed by atoms with E-state index in [9.17, 15) is 0 Å². The molecule has 0 radical (unpaired) electrons. The summed E-state index contributed by atoms with van der Waals surface area (Å²) in [4.78, 5) is 0. The van der Waals surface area contributed by atoms with Crippen LogP contribution < -0.4 is 5.32 Å². The first-order valence-electron chi connectivity index (χ1n) is 6.33. The molecule has 3 heterocycles. The van der Waals surface area contributed by atoms with Crippen LogP contribution in [0.2, 0.25) is 6.82 Å². The van der Waals surface area contributed by atoms with Crippen LogP contribution in [0.5, 0.6) is 0 Å². The van der Waals surface area contributed by atoms with Gasteiger partial charge in [-0.3, -0.25) is 0 Å². The van der Waals surface area contributed by atoms with E-state index in [-0.39, 0.29) is 24.2 Å². The molecule has 3 nitrogen and oxygen atoms in total. The van der Waals surface area contributed by atoms with Crippen molar-refractivity contribution in [3.8, 4) is 0 Å². The van der Waals surface area contributed by atoms with E-state index in [1.807, 2.05) is 6.82 Å². The highest BCUT2D eigenvalue weighted by Gasteiger charge is 2.56. The lowest BCUT2D eigenvalue weighted by molar-refractivity contribution is -0.0739. The molecule has 3 aliphatic heterocycles. The van der Waals surface area contributed by atoms with Gasteiger partial charge in [-0.1, -0.05) is 13.8 Å². The quantitative estimate of drug-likeness (QED) is 0.640. The average molecular weight is 225 g/mol. The summed E-state index contributed by atoms with van der Waals surface area (Å²) in [5, 5.41) is 3.65. The van der Waals surface area contributed by atoms with E-state index in [0.717, 1.165) is 6.42 Å². The van der Waals surface area contributed by atoms with Crippen molar-refractivity contribution in [2.24, 2.45) is 5.41 Å². The van der Waals surface area contributed by atoms with Crippen molar-refractivity contribution in [3.63, 3.8) is 0 Å². The van der Waals surface area contributed by atoms with E-state index < -0.39 is 0 Å². The van der Waals surface area contributed by atoms with Crippen LogP contribution in [-0.4, -0.2) is 30.9 Å². The van der Waals surface area contributed by atoms with Gasteiger partial charge >= 0.3 is 7.12 Å². The van der Waals surface area contributed by atoms with Gasteiger partial charge in [0.1, 0.15) is 0 Å². The van der Waals surface area contributed by atoms with Gasteiger partial charge in [0.2, 0.25) is 0 Å². The maximum Gasteiger partial charge on any atom is 0.454 e. The Morgan fingerprint density at radius 2 is 1.88 bits per heavy atom. The monoisotopic (exact) mass is 225 g/mol. The van der Waals surface area contributed by atoms with Crippen LogP contribution in [-0.2, 0) is 9.31 Å². The zero-order valence-corrected chi connectivity index (χ0v) is 11.3. The van der Waals surface area contributed by atoms with Crippen LogP contribution in [0.4, 0.5) is 0 Å². The zero-order chi connectivity index (χ0) is 12.1. The van der Waals surface area contributed by atoms with Crippen molar-refractivity contribution in [3.05, 3.63) is 0 Å². The largest absolute Gasteiger partial charge is 0.454 e. The third kappa shape index (κ3) is 1.91. The molecule has 0 saturated carbocycles. The van der Waals surface area contributed by atoms with E-state index >= 15 is 0 Å². The summed E-state index contributed by atoms with van der Waals surface area (Å²) in [6, 6.07) is 0.946. The molecule has 0 aromatic rings. The van der Waals surface area contributed by atoms with Crippen LogP contribution in [0.25, 0.3) is 0 Å². The molecule has 0 aliphatic carbocycles. The topological polar surface area (TPSA) is 30.5 Å². The van der Waals surface area contributed by atoms with E-state index in [2.05, 4.69) is 39.9 Å². The minimum absolute atomic E-state index is 0.123. The molecule has 1 N–H and O–H groups in total. The molecule has 0 aromatic heterocycles. The average Bonchev–Trinajstić information content (AvgIpc) is 2.14. The molecule has 16 heavy (non-hydrogen) atoms. The molecule has 0 amide bonds. The van der Waals surface area contributed by atoms with Crippen molar-refractivity contribution in [2.75, 3.05) is 0 Å². The minimum atomic E-state index is -0.177. The van der Waals surface area contributed by atoms with Gasteiger partial charge in [-0.15, -0.1) is 0 Å². The molecule has 3 saturated heterocycles. The number of hydrogen-bond donors (Lipinski definition) is 1. The highest BCUT2D eigenvalue weighted by molar-refractivity contribution is 6.42. The van der Waals surface area contributed by atoms with Gasteiger partial charge in [0.15, 0.2) is 0 Å². The Kier molecular flexibility index (Phi) is 2.88. The van der Waals surface area contributed by atoms with Gasteiger partial charge in [-0.2, -0.15) is 0 Å². The van der Waals surface area contributed by atoms with E-state index in [1.54, 1.807) is 0 Å². The highest BCUT2D eigenvalue weighted by atomic mass is 16.6. The molecular weight excluding hydrogens is 201 g/mol. The van der Waals surface area contributed by atoms with Gasteiger partial charge in [-0.05, 0) is 39.4 Å². The van der Waals surface area contributed by atoms with Crippen LogP contribution in [0, 0.1) is 5.41 Å². The Balaban J connectivity index is 2.23. The van der Waals surface area contributed by atoms with Crippen molar-refractivity contribution >= 4 is 7.12 Å². The third-order valence-corrected chi connectivity index (χ3v) is 4.17. The molecule has 4 heteroatoms. The molecule has 3 atom stereocenters. The van der Waals surface area contributed by atoms with Gasteiger partial charge in [-0.25, -0.2) is 0 Å². The summed E-state index contributed by atoms with van der Waals surface area (Å²) >= 11 is 0. The summed E-state index contributed by atoms with van der Waals surface area (Å²) in [5.74, 6) is 0. The predicted octanol–water partition coefficient (Wildman–Crippen LogP) is 2.07. The standard InChI is InChI=1S/C12H24BNO2/c1-8-7-9-11(2,3)10(14-9)12(4,5)16-13(6)15-8/h8-10,14H,7H2,1-6H3. The molecular formula is C12H24BNO2. The molecule has 0 spiro atoms. The van der Waals surface area contributed by atoms with Crippen LogP contribution in [0.15, 0.2) is 0 Å². The zero-order valence-electron chi connectivity index (χ0n) is 11.3. The fraction of sp³-hybridized carbons (Fsp3) is 1.00. The second-order valence-corrected chi connectivity index (χ2v) is 6.44. The SMILES string of the molecule is CB1OC(C)CC2NC(C(C)(C)O1)C2(C)C. The van der Waals surface area contributed by atoms with Crippen molar-refractivity contribution in [1.29, 1.82) is 0 Å². The van der Waals surface area contributed by atoms with Gasteiger partial charge in [0, 0.05) is 18.2 Å². The minimum Gasteiger partial charge on any atom is -0.409 e. The second-order valence-electron chi connectivity index (χ2n) is 6.44. The van der Waals surface area contributed by atoms with Gasteiger partial charge < -0.3 is 14.6 Å². The predicted molar refractivity (Wildman–Crippen MR) is 66.4 cm³/mol. The Bertz CT molecular complexity index is 280. The lowest BCUT2D eigenvalue weighted by atomic mass is 9.62.